The van der Waals surface area contributed by atoms with Gasteiger partial charge in [0.2, 0.25) is 0 Å². The second kappa shape index (κ2) is 8.03. The zero-order valence-corrected chi connectivity index (χ0v) is 12.6. The molecule has 2 heteroatoms. The minimum absolute atomic E-state index is 0.125. The van der Waals surface area contributed by atoms with E-state index in [-0.39, 0.29) is 5.78 Å². The maximum Gasteiger partial charge on any atom is 0.193 e. The molecule has 1 aromatic carbocycles. The maximum absolute atomic E-state index is 12.5. The third-order valence-electron chi connectivity index (χ3n) is 2.74. The smallest absolute Gasteiger partial charge is 0.193 e. The van der Waals surface area contributed by atoms with E-state index in [1.165, 1.54) is 0 Å². The zero-order chi connectivity index (χ0) is 15.8. The van der Waals surface area contributed by atoms with Crippen LogP contribution in [-0.2, 0) is 0 Å². The van der Waals surface area contributed by atoms with Crippen LogP contribution in [0.2, 0.25) is 0 Å². The number of carbonyl (C=O) groups excluding carboxylic acids is 1. The van der Waals surface area contributed by atoms with Gasteiger partial charge in [0.1, 0.15) is 0 Å². The summed E-state index contributed by atoms with van der Waals surface area (Å²) in [6.07, 6.45) is 6.46. The van der Waals surface area contributed by atoms with Gasteiger partial charge in [0.05, 0.1) is 0 Å². The molecule has 1 nitrogen and oxygen atoms in total. The Morgan fingerprint density at radius 3 is 2.19 bits per heavy atom. The molecule has 0 saturated heterocycles. The minimum atomic E-state index is -0.125. The van der Waals surface area contributed by atoms with Gasteiger partial charge in [-0.2, -0.15) is 0 Å². The number of Topliss-reactive ketones (excluding diaryl/α,β-unsaturated/α-hetero) is 1. The predicted molar refractivity (Wildman–Crippen MR) is 91.5 cm³/mol. The highest BCUT2D eigenvalue weighted by molar-refractivity contribution is 6.30. The lowest BCUT2D eigenvalue weighted by molar-refractivity contribution is 0.103. The molecule has 1 rings (SSSR count). The number of benzene rings is 1. The average Bonchev–Trinajstić information content (AvgIpc) is 2.49. The fourth-order valence-electron chi connectivity index (χ4n) is 1.64. The second-order valence-electron chi connectivity index (χ2n) is 4.30. The van der Waals surface area contributed by atoms with Gasteiger partial charge >= 0.3 is 0 Å². The van der Waals surface area contributed by atoms with Crippen LogP contribution in [0, 0.1) is 0 Å². The van der Waals surface area contributed by atoms with E-state index in [0.717, 1.165) is 0 Å². The number of rotatable bonds is 7. The Balaban J connectivity index is 3.08. The van der Waals surface area contributed by atoms with Crippen molar-refractivity contribution >= 4 is 17.4 Å². The van der Waals surface area contributed by atoms with Gasteiger partial charge in [-0.05, 0) is 17.2 Å². The monoisotopic (exact) mass is 296 g/mol. The molecule has 0 heterocycles. The Labute approximate surface area is 131 Å². The van der Waals surface area contributed by atoms with Crippen molar-refractivity contribution in [3.8, 4) is 0 Å². The molecule has 0 amide bonds. The van der Waals surface area contributed by atoms with E-state index in [9.17, 15) is 4.79 Å². The van der Waals surface area contributed by atoms with Crippen LogP contribution in [-0.4, -0.2) is 5.78 Å². The van der Waals surface area contributed by atoms with E-state index in [0.29, 0.717) is 27.3 Å². The summed E-state index contributed by atoms with van der Waals surface area (Å²) >= 11 is 5.68. The van der Waals surface area contributed by atoms with Crippen molar-refractivity contribution in [3.05, 3.63) is 108 Å². The van der Waals surface area contributed by atoms with Crippen LogP contribution >= 0.6 is 11.6 Å². The van der Waals surface area contributed by atoms with Crippen LogP contribution in [0.5, 0.6) is 0 Å². The van der Waals surface area contributed by atoms with Crippen LogP contribution in [0.25, 0.3) is 0 Å². The van der Waals surface area contributed by atoms with Gasteiger partial charge in [-0.3, -0.25) is 4.79 Å². The second-order valence-corrected chi connectivity index (χ2v) is 4.78. The largest absolute Gasteiger partial charge is 0.289 e. The molecule has 0 aliphatic rings. The summed E-state index contributed by atoms with van der Waals surface area (Å²) in [5.41, 5.74) is 2.16. The molecule has 1 aromatic rings. The van der Waals surface area contributed by atoms with Crippen LogP contribution in [0.4, 0.5) is 0 Å². The fraction of sp³-hybridized carbons (Fsp3) is 0. The highest BCUT2D eigenvalue weighted by Gasteiger charge is 2.15. The first kappa shape index (κ1) is 16.7. The Morgan fingerprint density at radius 2 is 1.67 bits per heavy atom. The molecule has 0 spiro atoms. The molecular weight excluding hydrogens is 280 g/mol. The number of allylic oxidation sites excluding steroid dienone is 8. The van der Waals surface area contributed by atoms with Crippen LogP contribution in [0.3, 0.4) is 0 Å². The molecule has 0 unspecified atom stereocenters. The molecule has 0 radical (unpaired) electrons. The molecule has 21 heavy (non-hydrogen) atoms. The third-order valence-corrected chi connectivity index (χ3v) is 2.87. The van der Waals surface area contributed by atoms with Crippen molar-refractivity contribution in [2.24, 2.45) is 0 Å². The lowest BCUT2D eigenvalue weighted by atomic mass is 9.93. The molecule has 0 N–H and O–H groups in total. The molecule has 0 saturated carbocycles. The lowest BCUT2D eigenvalue weighted by Gasteiger charge is -2.10. The summed E-state index contributed by atoms with van der Waals surface area (Å²) in [4.78, 5) is 12.5. The summed E-state index contributed by atoms with van der Waals surface area (Å²) in [5, 5.41) is 0.382. The Morgan fingerprint density at radius 1 is 1.05 bits per heavy atom. The summed E-state index contributed by atoms with van der Waals surface area (Å²) in [5.74, 6) is -0.125. The molecule has 0 atom stereocenters. The first-order chi connectivity index (χ1) is 9.97. The molecule has 0 aromatic heterocycles. The van der Waals surface area contributed by atoms with Crippen molar-refractivity contribution in [2.45, 2.75) is 0 Å². The van der Waals surface area contributed by atoms with Crippen molar-refractivity contribution in [2.75, 3.05) is 0 Å². The SMILES string of the molecule is C=C/C=C(\C(=C)C(=C)/C=C\C(=C)Cl)C(=O)c1ccccc1. The summed E-state index contributed by atoms with van der Waals surface area (Å²) < 4.78 is 0. The number of hydrogen-bond donors (Lipinski definition) is 0. The normalized spacial score (nSPS) is 11.2. The van der Waals surface area contributed by atoms with Gasteiger partial charge in [-0.25, -0.2) is 0 Å². The summed E-state index contributed by atoms with van der Waals surface area (Å²) in [6, 6.07) is 9.00. The predicted octanol–water partition coefficient (Wildman–Crippen LogP) is 5.40. The van der Waals surface area contributed by atoms with Crippen LogP contribution in [0.15, 0.2) is 103 Å². The molecule has 0 fully saturated rings. The Bertz CT molecular complexity index is 645. The maximum atomic E-state index is 12.5. The topological polar surface area (TPSA) is 17.1 Å². The number of hydrogen-bond acceptors (Lipinski definition) is 1. The van der Waals surface area contributed by atoms with Crippen LogP contribution in [0.1, 0.15) is 10.4 Å². The van der Waals surface area contributed by atoms with E-state index in [2.05, 4.69) is 26.3 Å². The summed E-state index contributed by atoms with van der Waals surface area (Å²) in [7, 11) is 0. The van der Waals surface area contributed by atoms with Crippen molar-refractivity contribution in [1.82, 2.24) is 0 Å². The van der Waals surface area contributed by atoms with Gasteiger partial charge in [0.15, 0.2) is 5.78 Å². The average molecular weight is 297 g/mol. The highest BCUT2D eigenvalue weighted by Crippen LogP contribution is 2.22. The molecule has 106 valence electrons. The highest BCUT2D eigenvalue weighted by atomic mass is 35.5. The fourth-order valence-corrected chi connectivity index (χ4v) is 1.70. The molecular formula is C19H17ClO. The number of halogens is 1. The van der Waals surface area contributed by atoms with Crippen molar-refractivity contribution < 1.29 is 4.79 Å². The number of carbonyl (C=O) groups is 1. The first-order valence-electron chi connectivity index (χ1n) is 6.31. The van der Waals surface area contributed by atoms with Gasteiger partial charge in [0, 0.05) is 16.2 Å². The first-order valence-corrected chi connectivity index (χ1v) is 6.68. The molecule has 0 bridgehead atoms. The van der Waals surface area contributed by atoms with E-state index < -0.39 is 0 Å². The van der Waals surface area contributed by atoms with E-state index in [4.69, 9.17) is 11.6 Å². The Hall–Kier alpha value is -2.38. The van der Waals surface area contributed by atoms with Gasteiger partial charge in [-0.1, -0.05) is 86.5 Å². The Kier molecular flexibility index (Phi) is 6.38. The zero-order valence-electron chi connectivity index (χ0n) is 11.8. The quantitative estimate of drug-likeness (QED) is 0.374. The van der Waals surface area contributed by atoms with E-state index in [1.807, 2.05) is 18.2 Å². The van der Waals surface area contributed by atoms with Gasteiger partial charge < -0.3 is 0 Å². The van der Waals surface area contributed by atoms with Gasteiger partial charge in [-0.15, -0.1) is 0 Å². The summed E-state index contributed by atoms with van der Waals surface area (Å²) in [6.45, 7) is 15.0. The molecule has 0 aliphatic heterocycles. The standard InChI is InChI=1S/C19H17ClO/c1-5-9-18(16(4)14(2)12-13-15(3)20)19(21)17-10-7-6-8-11-17/h5-13H,1-4H2/b13-12-,18-9+. The van der Waals surface area contributed by atoms with Crippen molar-refractivity contribution in [3.63, 3.8) is 0 Å². The van der Waals surface area contributed by atoms with Crippen molar-refractivity contribution in [1.29, 1.82) is 0 Å². The minimum Gasteiger partial charge on any atom is -0.289 e. The molecule has 0 aliphatic carbocycles. The van der Waals surface area contributed by atoms with E-state index >= 15 is 0 Å². The lowest BCUT2D eigenvalue weighted by Crippen LogP contribution is -2.06. The number of ketones is 1. The van der Waals surface area contributed by atoms with Gasteiger partial charge in [0.25, 0.3) is 0 Å². The van der Waals surface area contributed by atoms with E-state index in [1.54, 1.807) is 36.4 Å². The third kappa shape index (κ3) is 4.90. The van der Waals surface area contributed by atoms with Crippen LogP contribution < -0.4 is 0 Å².